The van der Waals surface area contributed by atoms with Crippen LogP contribution in [0.1, 0.15) is 29.2 Å². The Bertz CT molecular complexity index is 965. The molecule has 0 aliphatic carbocycles. The second-order valence-electron chi connectivity index (χ2n) is 5.92. The summed E-state index contributed by atoms with van der Waals surface area (Å²) in [5.41, 5.74) is 2.29. The smallest absolute Gasteiger partial charge is 0.342 e. The van der Waals surface area contributed by atoms with E-state index >= 15 is 0 Å². The second-order valence-corrected chi connectivity index (χ2v) is 5.92. The zero-order chi connectivity index (χ0) is 18.5. The lowest BCUT2D eigenvalue weighted by atomic mass is 9.86. The number of anilines is 1. The maximum absolute atomic E-state index is 12.6. The molecule has 4 nitrogen and oxygen atoms in total. The predicted molar refractivity (Wildman–Crippen MR) is 104 cm³/mol. The van der Waals surface area contributed by atoms with Gasteiger partial charge in [-0.15, -0.1) is 0 Å². The van der Waals surface area contributed by atoms with Gasteiger partial charge in [0.15, 0.2) is 0 Å². The summed E-state index contributed by atoms with van der Waals surface area (Å²) >= 11 is 0. The highest BCUT2D eigenvalue weighted by Crippen LogP contribution is 2.35. The summed E-state index contributed by atoms with van der Waals surface area (Å²) in [6.45, 7) is 7.36. The Labute approximate surface area is 151 Å². The van der Waals surface area contributed by atoms with Gasteiger partial charge in [0.1, 0.15) is 5.76 Å². The number of nitrogens with one attached hydrogen (secondary N) is 1. The van der Waals surface area contributed by atoms with Gasteiger partial charge in [0.05, 0.1) is 11.3 Å². The summed E-state index contributed by atoms with van der Waals surface area (Å²) in [6, 6.07) is 11.2. The topological polar surface area (TPSA) is 59.3 Å². The van der Waals surface area contributed by atoms with Crippen molar-refractivity contribution >= 4 is 17.7 Å². The molecular weight excluding hydrogens is 326 g/mol. The molecule has 1 atom stereocenters. The fourth-order valence-electron chi connectivity index (χ4n) is 3.00. The Morgan fingerprint density at radius 2 is 1.96 bits per heavy atom. The first-order valence-electron chi connectivity index (χ1n) is 8.28. The van der Waals surface area contributed by atoms with Crippen molar-refractivity contribution in [2.75, 3.05) is 5.32 Å². The lowest BCUT2D eigenvalue weighted by Crippen LogP contribution is -2.28. The van der Waals surface area contributed by atoms with Crippen molar-refractivity contribution in [3.05, 3.63) is 107 Å². The summed E-state index contributed by atoms with van der Waals surface area (Å²) in [6.07, 6.45) is 8.75. The van der Waals surface area contributed by atoms with Crippen LogP contribution in [0.4, 0.5) is 5.69 Å². The highest BCUT2D eigenvalue weighted by Gasteiger charge is 2.30. The molecule has 1 aliphatic heterocycles. The molecule has 4 heteroatoms. The Kier molecular flexibility index (Phi) is 5.13. The van der Waals surface area contributed by atoms with Crippen molar-refractivity contribution in [1.29, 1.82) is 0 Å². The molecule has 0 saturated carbocycles. The molecule has 0 bridgehead atoms. The van der Waals surface area contributed by atoms with Gasteiger partial charge in [0.25, 0.3) is 0 Å². The largest absolute Gasteiger partial charge is 0.423 e. The van der Waals surface area contributed by atoms with Crippen molar-refractivity contribution in [2.24, 2.45) is 0 Å². The minimum atomic E-state index is -0.441. The molecule has 3 rings (SSSR count). The third kappa shape index (κ3) is 3.64. The van der Waals surface area contributed by atoms with Crippen LogP contribution < -0.4 is 10.9 Å². The molecular formula is C22H19NO3. The molecule has 0 spiro atoms. The molecule has 1 aliphatic rings. The first kappa shape index (κ1) is 17.4. The molecule has 1 amide bonds. The van der Waals surface area contributed by atoms with E-state index in [-0.39, 0.29) is 18.2 Å². The minimum Gasteiger partial charge on any atom is -0.423 e. The fourth-order valence-corrected chi connectivity index (χ4v) is 3.00. The molecule has 1 aromatic carbocycles. The molecule has 2 aromatic rings. The van der Waals surface area contributed by atoms with Crippen LogP contribution in [0.5, 0.6) is 0 Å². The van der Waals surface area contributed by atoms with E-state index in [0.29, 0.717) is 17.0 Å². The first-order valence-corrected chi connectivity index (χ1v) is 8.28. The van der Waals surface area contributed by atoms with Crippen LogP contribution in [-0.2, 0) is 4.79 Å². The summed E-state index contributed by atoms with van der Waals surface area (Å²) in [5.74, 6) is -0.0663. The van der Waals surface area contributed by atoms with Crippen LogP contribution >= 0.6 is 0 Å². The normalized spacial score (nSPS) is 16.8. The number of carbonyl (C=O) groups is 1. The lowest BCUT2D eigenvalue weighted by Gasteiger charge is -2.24. The summed E-state index contributed by atoms with van der Waals surface area (Å²) in [4.78, 5) is 24.7. The minimum absolute atomic E-state index is 0.120. The van der Waals surface area contributed by atoms with Gasteiger partial charge in [-0.1, -0.05) is 67.8 Å². The summed E-state index contributed by atoms with van der Waals surface area (Å²) in [5, 5.41) is 2.78. The van der Waals surface area contributed by atoms with Crippen LogP contribution in [0.15, 0.2) is 88.6 Å². The van der Waals surface area contributed by atoms with Crippen LogP contribution in [0.3, 0.4) is 0 Å². The highest BCUT2D eigenvalue weighted by atomic mass is 16.4. The molecule has 26 heavy (non-hydrogen) atoms. The van der Waals surface area contributed by atoms with E-state index in [1.54, 1.807) is 36.4 Å². The molecule has 1 unspecified atom stereocenters. The van der Waals surface area contributed by atoms with Crippen molar-refractivity contribution < 1.29 is 9.21 Å². The van der Waals surface area contributed by atoms with E-state index in [1.807, 2.05) is 30.3 Å². The van der Waals surface area contributed by atoms with E-state index in [4.69, 9.17) is 4.42 Å². The molecule has 0 saturated heterocycles. The lowest BCUT2D eigenvalue weighted by molar-refractivity contribution is -0.116. The van der Waals surface area contributed by atoms with Crippen molar-refractivity contribution in [2.45, 2.75) is 12.3 Å². The van der Waals surface area contributed by atoms with E-state index in [9.17, 15) is 9.59 Å². The monoisotopic (exact) mass is 345 g/mol. The van der Waals surface area contributed by atoms with Gasteiger partial charge < -0.3 is 9.73 Å². The van der Waals surface area contributed by atoms with Crippen LogP contribution in [-0.4, -0.2) is 5.91 Å². The average molecular weight is 345 g/mol. The predicted octanol–water partition coefficient (Wildman–Crippen LogP) is 4.43. The molecule has 130 valence electrons. The van der Waals surface area contributed by atoms with Crippen LogP contribution in [0.2, 0.25) is 0 Å². The quantitative estimate of drug-likeness (QED) is 0.816. The van der Waals surface area contributed by atoms with Gasteiger partial charge in [-0.25, -0.2) is 4.79 Å². The maximum atomic E-state index is 12.6. The molecule has 2 heterocycles. The van der Waals surface area contributed by atoms with E-state index in [0.717, 1.165) is 11.1 Å². The van der Waals surface area contributed by atoms with Gasteiger partial charge in [0.2, 0.25) is 5.91 Å². The number of allylic oxidation sites excluding steroid dienone is 5. The maximum Gasteiger partial charge on any atom is 0.342 e. The molecule has 1 aromatic heterocycles. The van der Waals surface area contributed by atoms with Crippen molar-refractivity contribution in [1.82, 2.24) is 0 Å². The van der Waals surface area contributed by atoms with E-state index in [1.165, 1.54) is 0 Å². The van der Waals surface area contributed by atoms with Crippen molar-refractivity contribution in [3.63, 3.8) is 0 Å². The first-order chi connectivity index (χ1) is 12.6. The molecule has 1 N–H and O–H groups in total. The van der Waals surface area contributed by atoms with E-state index < -0.39 is 5.63 Å². The Morgan fingerprint density at radius 1 is 1.19 bits per heavy atom. The van der Waals surface area contributed by atoms with Crippen LogP contribution in [0.25, 0.3) is 6.08 Å². The number of carbonyl (C=O) groups excluding carboxylic acids is 1. The van der Waals surface area contributed by atoms with Gasteiger partial charge in [-0.3, -0.25) is 4.79 Å². The number of amides is 1. The van der Waals surface area contributed by atoms with Gasteiger partial charge >= 0.3 is 5.63 Å². The number of fused-ring (bicyclic) bond motifs is 1. The van der Waals surface area contributed by atoms with Crippen LogP contribution in [0, 0.1) is 0 Å². The molecule has 0 fully saturated rings. The number of rotatable bonds is 5. The van der Waals surface area contributed by atoms with Gasteiger partial charge in [-0.2, -0.15) is 0 Å². The highest BCUT2D eigenvalue weighted by molar-refractivity contribution is 5.95. The summed E-state index contributed by atoms with van der Waals surface area (Å²) < 4.78 is 5.45. The number of benzene rings is 1. The van der Waals surface area contributed by atoms with Gasteiger partial charge in [0, 0.05) is 18.4 Å². The number of hydrogen-bond acceptors (Lipinski definition) is 3. The number of hydrogen-bond donors (Lipinski definition) is 1. The third-order valence-corrected chi connectivity index (χ3v) is 4.21. The zero-order valence-electron chi connectivity index (χ0n) is 14.3. The fraction of sp³-hybridized carbons (Fsp3) is 0.0909. The Balaban J connectivity index is 2.04. The standard InChI is InChI=1S/C22H19NO3/c1-3-8-15(4-2)11-12-17-13-19-21(22(25)26-17)18(14-20(24)23-19)16-9-6-5-7-10-16/h3-13,18H,1-2,14H2,(H,23,24)/b12-11+,15-8+. The van der Waals surface area contributed by atoms with E-state index in [2.05, 4.69) is 18.5 Å². The third-order valence-electron chi connectivity index (χ3n) is 4.21. The summed E-state index contributed by atoms with van der Waals surface area (Å²) in [7, 11) is 0. The SMILES string of the molecule is C=C/C=C(C=C)/C=C/c1cc2c(c(=O)o1)C(c1ccccc1)CC(=O)N2. The zero-order valence-corrected chi connectivity index (χ0v) is 14.3. The second kappa shape index (κ2) is 7.66. The Morgan fingerprint density at radius 3 is 2.65 bits per heavy atom. The van der Waals surface area contributed by atoms with Gasteiger partial charge in [-0.05, 0) is 17.2 Å². The van der Waals surface area contributed by atoms with Crippen molar-refractivity contribution in [3.8, 4) is 0 Å². The molecule has 0 radical (unpaired) electrons. The average Bonchev–Trinajstić information content (AvgIpc) is 2.64. The Hall–Kier alpha value is -3.40.